The maximum absolute atomic E-state index is 9.17. The highest BCUT2D eigenvalue weighted by atomic mass is 16.3. The number of benzene rings is 1. The van der Waals surface area contributed by atoms with Crippen molar-refractivity contribution in [2.24, 2.45) is 5.41 Å². The molecule has 0 fully saturated rings. The van der Waals surface area contributed by atoms with E-state index in [1.54, 1.807) is 0 Å². The second-order valence-corrected chi connectivity index (χ2v) is 5.68. The van der Waals surface area contributed by atoms with Crippen LogP contribution in [0.4, 0.5) is 5.69 Å². The quantitative estimate of drug-likeness (QED) is 0.858. The number of nitrogens with one attached hydrogen (secondary N) is 1. The number of aryl methyl sites for hydroxylation is 1. The predicted octanol–water partition coefficient (Wildman–Crippen LogP) is 3.08. The molecule has 0 bridgehead atoms. The largest absolute Gasteiger partial charge is 0.396 e. The molecule has 1 aromatic carbocycles. The number of para-hydroxylation sites is 1. The zero-order valence-corrected chi connectivity index (χ0v) is 11.6. The molecule has 1 atom stereocenters. The van der Waals surface area contributed by atoms with Crippen LogP contribution in [0.1, 0.15) is 38.3 Å². The van der Waals surface area contributed by atoms with E-state index >= 15 is 0 Å². The van der Waals surface area contributed by atoms with E-state index < -0.39 is 0 Å². The van der Waals surface area contributed by atoms with Crippen molar-refractivity contribution in [1.29, 1.82) is 5.26 Å². The third-order valence-electron chi connectivity index (χ3n) is 3.17. The smallest absolute Gasteiger partial charge is 0.101 e. The lowest BCUT2D eigenvalue weighted by Gasteiger charge is -2.32. The minimum Gasteiger partial charge on any atom is -0.396 e. The zero-order chi connectivity index (χ0) is 13.8. The van der Waals surface area contributed by atoms with Gasteiger partial charge in [0, 0.05) is 12.6 Å². The molecule has 3 heteroatoms. The molecule has 0 aromatic heterocycles. The number of anilines is 1. The molecule has 3 nitrogen and oxygen atoms in total. The Morgan fingerprint density at radius 1 is 1.39 bits per heavy atom. The fourth-order valence-corrected chi connectivity index (χ4v) is 1.98. The first-order valence-corrected chi connectivity index (χ1v) is 6.27. The summed E-state index contributed by atoms with van der Waals surface area (Å²) in [7, 11) is 0. The summed E-state index contributed by atoms with van der Waals surface area (Å²) in [6, 6.07) is 8.03. The van der Waals surface area contributed by atoms with Gasteiger partial charge in [0.25, 0.3) is 0 Å². The average molecular weight is 246 g/mol. The summed E-state index contributed by atoms with van der Waals surface area (Å²) in [6.07, 6.45) is 0.669. The Hall–Kier alpha value is -1.53. The van der Waals surface area contributed by atoms with Crippen molar-refractivity contribution in [3.63, 3.8) is 0 Å². The van der Waals surface area contributed by atoms with E-state index in [0.29, 0.717) is 12.0 Å². The van der Waals surface area contributed by atoms with E-state index in [2.05, 4.69) is 32.2 Å². The van der Waals surface area contributed by atoms with E-state index in [1.165, 1.54) is 0 Å². The molecule has 0 aliphatic carbocycles. The number of nitriles is 1. The second-order valence-electron chi connectivity index (χ2n) is 5.68. The third-order valence-corrected chi connectivity index (χ3v) is 3.17. The van der Waals surface area contributed by atoms with Gasteiger partial charge in [-0.1, -0.05) is 32.9 Å². The number of hydrogen-bond donors (Lipinski definition) is 2. The average Bonchev–Trinajstić information content (AvgIpc) is 2.29. The molecule has 0 saturated heterocycles. The van der Waals surface area contributed by atoms with Gasteiger partial charge in [0.2, 0.25) is 0 Å². The summed E-state index contributed by atoms with van der Waals surface area (Å²) in [5.41, 5.74) is 2.62. The molecule has 0 radical (unpaired) electrons. The van der Waals surface area contributed by atoms with Crippen LogP contribution in [0.25, 0.3) is 0 Å². The van der Waals surface area contributed by atoms with Gasteiger partial charge in [0.15, 0.2) is 0 Å². The molecular formula is C15H22N2O. The number of aliphatic hydroxyl groups excluding tert-OH is 1. The molecule has 0 saturated carbocycles. The second kappa shape index (κ2) is 5.88. The molecule has 2 N–H and O–H groups in total. The van der Waals surface area contributed by atoms with E-state index in [0.717, 1.165) is 11.3 Å². The van der Waals surface area contributed by atoms with E-state index in [1.807, 2.05) is 25.1 Å². The van der Waals surface area contributed by atoms with Crippen molar-refractivity contribution in [3.05, 3.63) is 29.3 Å². The Balaban J connectivity index is 3.05. The Morgan fingerprint density at radius 3 is 2.56 bits per heavy atom. The lowest BCUT2D eigenvalue weighted by molar-refractivity contribution is 0.235. The summed E-state index contributed by atoms with van der Waals surface area (Å²) >= 11 is 0. The van der Waals surface area contributed by atoms with Crippen LogP contribution in [0, 0.1) is 23.7 Å². The highest BCUT2D eigenvalue weighted by molar-refractivity contribution is 5.62. The van der Waals surface area contributed by atoms with Gasteiger partial charge in [-0.25, -0.2) is 0 Å². The Bertz CT molecular complexity index is 441. The van der Waals surface area contributed by atoms with Gasteiger partial charge in [-0.3, -0.25) is 0 Å². The standard InChI is InChI=1S/C15H22N2O/c1-11-6-5-7-12(10-16)14(11)17-13(8-9-18)15(2,3)4/h5-7,13,17-18H,8-9H2,1-4H3. The highest BCUT2D eigenvalue weighted by Crippen LogP contribution is 2.28. The molecule has 0 spiro atoms. The fraction of sp³-hybridized carbons (Fsp3) is 0.533. The first-order valence-electron chi connectivity index (χ1n) is 6.27. The summed E-state index contributed by atoms with van der Waals surface area (Å²) in [5.74, 6) is 0. The van der Waals surface area contributed by atoms with Crippen molar-refractivity contribution in [2.75, 3.05) is 11.9 Å². The minimum absolute atomic E-state index is 0.0255. The van der Waals surface area contributed by atoms with Crippen LogP contribution in [0.2, 0.25) is 0 Å². The monoisotopic (exact) mass is 246 g/mol. The SMILES string of the molecule is Cc1cccc(C#N)c1NC(CCO)C(C)(C)C. The van der Waals surface area contributed by atoms with Crippen LogP contribution < -0.4 is 5.32 Å². The van der Waals surface area contributed by atoms with Crippen LogP contribution >= 0.6 is 0 Å². The molecule has 18 heavy (non-hydrogen) atoms. The zero-order valence-electron chi connectivity index (χ0n) is 11.6. The van der Waals surface area contributed by atoms with Crippen LogP contribution in [0.5, 0.6) is 0 Å². The Morgan fingerprint density at radius 2 is 2.06 bits per heavy atom. The molecular weight excluding hydrogens is 224 g/mol. The van der Waals surface area contributed by atoms with Crippen molar-refractivity contribution in [2.45, 2.75) is 40.2 Å². The molecule has 1 rings (SSSR count). The lowest BCUT2D eigenvalue weighted by Crippen LogP contribution is -2.35. The molecule has 0 aliphatic rings. The molecule has 98 valence electrons. The fourth-order valence-electron chi connectivity index (χ4n) is 1.98. The van der Waals surface area contributed by atoms with E-state index in [-0.39, 0.29) is 18.1 Å². The number of hydrogen-bond acceptors (Lipinski definition) is 3. The summed E-state index contributed by atoms with van der Waals surface area (Å²) in [4.78, 5) is 0. The van der Waals surface area contributed by atoms with Gasteiger partial charge < -0.3 is 10.4 Å². The van der Waals surface area contributed by atoms with Crippen LogP contribution in [0.3, 0.4) is 0 Å². The van der Waals surface area contributed by atoms with Crippen LogP contribution in [-0.2, 0) is 0 Å². The summed E-state index contributed by atoms with van der Waals surface area (Å²) < 4.78 is 0. The van der Waals surface area contributed by atoms with Gasteiger partial charge in [-0.05, 0) is 30.4 Å². The number of rotatable bonds is 4. The first-order chi connectivity index (χ1) is 8.40. The Labute approximate surface area is 109 Å². The van der Waals surface area contributed by atoms with Gasteiger partial charge in [0.05, 0.1) is 11.3 Å². The normalized spacial score (nSPS) is 12.9. The van der Waals surface area contributed by atoms with Crippen molar-refractivity contribution in [1.82, 2.24) is 0 Å². The predicted molar refractivity (Wildman–Crippen MR) is 74.5 cm³/mol. The third kappa shape index (κ3) is 3.48. The van der Waals surface area contributed by atoms with Gasteiger partial charge in [0.1, 0.15) is 6.07 Å². The number of nitrogens with zero attached hydrogens (tertiary/aromatic N) is 1. The van der Waals surface area contributed by atoms with Gasteiger partial charge in [-0.15, -0.1) is 0 Å². The van der Waals surface area contributed by atoms with E-state index in [9.17, 15) is 0 Å². The maximum Gasteiger partial charge on any atom is 0.101 e. The molecule has 0 aliphatic heterocycles. The molecule has 0 heterocycles. The molecule has 1 aromatic rings. The summed E-state index contributed by atoms with van der Waals surface area (Å²) in [5, 5.41) is 21.7. The molecule has 0 amide bonds. The Kier molecular flexibility index (Phi) is 4.75. The van der Waals surface area contributed by atoms with Gasteiger partial charge >= 0.3 is 0 Å². The number of aliphatic hydroxyl groups is 1. The maximum atomic E-state index is 9.17. The van der Waals surface area contributed by atoms with Gasteiger partial charge in [-0.2, -0.15) is 5.26 Å². The van der Waals surface area contributed by atoms with E-state index in [4.69, 9.17) is 10.4 Å². The topological polar surface area (TPSA) is 56.0 Å². The van der Waals surface area contributed by atoms with Crippen LogP contribution in [-0.4, -0.2) is 17.8 Å². The van der Waals surface area contributed by atoms with Crippen molar-refractivity contribution >= 4 is 5.69 Å². The highest BCUT2D eigenvalue weighted by Gasteiger charge is 2.25. The molecule has 1 unspecified atom stereocenters. The van der Waals surface area contributed by atoms with Crippen molar-refractivity contribution < 1.29 is 5.11 Å². The minimum atomic E-state index is 0.0255. The lowest BCUT2D eigenvalue weighted by atomic mass is 9.84. The first kappa shape index (κ1) is 14.5. The summed E-state index contributed by atoms with van der Waals surface area (Å²) in [6.45, 7) is 8.52. The van der Waals surface area contributed by atoms with Crippen molar-refractivity contribution in [3.8, 4) is 6.07 Å². The van der Waals surface area contributed by atoms with Crippen LogP contribution in [0.15, 0.2) is 18.2 Å².